The minimum atomic E-state index is 0.428. The number of hydrogen-bond donors (Lipinski definition) is 0. The third kappa shape index (κ3) is 2.91. The van der Waals surface area contributed by atoms with Crippen molar-refractivity contribution in [3.63, 3.8) is 0 Å². The molecule has 3 heteroatoms. The van der Waals surface area contributed by atoms with E-state index in [9.17, 15) is 0 Å². The molecule has 0 aliphatic carbocycles. The summed E-state index contributed by atoms with van der Waals surface area (Å²) in [5.74, 6) is 0.428. The fraction of sp³-hybridized carbons (Fsp3) is 0.300. The standard InChI is InChI=1S/C10H9Cl2N/c11-7-9-4-3-8(2-1-5-13)6-10(9)12/h3-4,6H,1-2,7H2. The molecule has 0 bridgehead atoms. The first kappa shape index (κ1) is 10.4. The maximum Gasteiger partial charge on any atom is 0.0625 e. The highest BCUT2D eigenvalue weighted by atomic mass is 35.5. The van der Waals surface area contributed by atoms with Gasteiger partial charge >= 0.3 is 0 Å². The Morgan fingerprint density at radius 2 is 2.15 bits per heavy atom. The second kappa shape index (κ2) is 5.11. The first-order valence-electron chi connectivity index (χ1n) is 3.98. The van der Waals surface area contributed by atoms with Gasteiger partial charge in [-0.3, -0.25) is 0 Å². The average molecular weight is 214 g/mol. The molecule has 1 aromatic carbocycles. The third-order valence-electron chi connectivity index (χ3n) is 1.79. The fourth-order valence-electron chi connectivity index (χ4n) is 1.05. The Kier molecular flexibility index (Phi) is 4.08. The van der Waals surface area contributed by atoms with Crippen LogP contribution in [-0.4, -0.2) is 0 Å². The molecular weight excluding hydrogens is 205 g/mol. The lowest BCUT2D eigenvalue weighted by Gasteiger charge is -2.02. The number of nitriles is 1. The zero-order valence-corrected chi connectivity index (χ0v) is 8.57. The minimum Gasteiger partial charge on any atom is -0.198 e. The highest BCUT2D eigenvalue weighted by Crippen LogP contribution is 2.20. The summed E-state index contributed by atoms with van der Waals surface area (Å²) in [7, 11) is 0. The van der Waals surface area contributed by atoms with E-state index in [1.165, 1.54) is 0 Å². The molecule has 0 radical (unpaired) electrons. The number of alkyl halides is 1. The molecule has 0 fully saturated rings. The maximum absolute atomic E-state index is 8.39. The van der Waals surface area contributed by atoms with E-state index in [1.807, 2.05) is 18.2 Å². The number of halogens is 2. The molecule has 0 aliphatic rings. The molecule has 0 spiro atoms. The van der Waals surface area contributed by atoms with Crippen LogP contribution in [0.3, 0.4) is 0 Å². The first-order valence-corrected chi connectivity index (χ1v) is 4.89. The van der Waals surface area contributed by atoms with Crippen molar-refractivity contribution in [2.45, 2.75) is 18.7 Å². The lowest BCUT2D eigenvalue weighted by atomic mass is 10.1. The Labute approximate surface area is 87.9 Å². The molecule has 1 rings (SSSR count). The molecule has 13 heavy (non-hydrogen) atoms. The van der Waals surface area contributed by atoms with Gasteiger partial charge in [0.15, 0.2) is 0 Å². The SMILES string of the molecule is N#CCCc1ccc(CCl)c(Cl)c1. The van der Waals surface area contributed by atoms with E-state index < -0.39 is 0 Å². The van der Waals surface area contributed by atoms with Crippen LogP contribution in [0.2, 0.25) is 5.02 Å². The van der Waals surface area contributed by atoms with E-state index in [0.29, 0.717) is 17.3 Å². The van der Waals surface area contributed by atoms with E-state index in [4.69, 9.17) is 28.5 Å². The largest absolute Gasteiger partial charge is 0.198 e. The molecular formula is C10H9Cl2N. The molecule has 0 heterocycles. The van der Waals surface area contributed by atoms with E-state index in [1.54, 1.807) is 0 Å². The lowest BCUT2D eigenvalue weighted by Crippen LogP contribution is -1.86. The van der Waals surface area contributed by atoms with Crippen molar-refractivity contribution in [1.82, 2.24) is 0 Å². The Bertz CT molecular complexity index is 328. The zero-order chi connectivity index (χ0) is 9.68. The van der Waals surface area contributed by atoms with Crippen LogP contribution >= 0.6 is 23.2 Å². The van der Waals surface area contributed by atoms with E-state index >= 15 is 0 Å². The number of benzene rings is 1. The Morgan fingerprint density at radius 3 is 2.69 bits per heavy atom. The second-order valence-corrected chi connectivity index (χ2v) is 3.39. The van der Waals surface area contributed by atoms with Gasteiger partial charge in [-0.05, 0) is 23.6 Å². The maximum atomic E-state index is 8.39. The van der Waals surface area contributed by atoms with Crippen LogP contribution in [-0.2, 0) is 12.3 Å². The molecule has 0 N–H and O–H groups in total. The van der Waals surface area contributed by atoms with E-state index in [-0.39, 0.29) is 0 Å². The molecule has 68 valence electrons. The van der Waals surface area contributed by atoms with Gasteiger partial charge in [-0.1, -0.05) is 23.7 Å². The van der Waals surface area contributed by atoms with Crippen molar-refractivity contribution in [2.75, 3.05) is 0 Å². The molecule has 0 unspecified atom stereocenters. The third-order valence-corrected chi connectivity index (χ3v) is 2.43. The molecule has 0 saturated carbocycles. The van der Waals surface area contributed by atoms with Crippen molar-refractivity contribution in [3.05, 3.63) is 34.3 Å². The van der Waals surface area contributed by atoms with Crippen molar-refractivity contribution in [1.29, 1.82) is 5.26 Å². The van der Waals surface area contributed by atoms with Crippen molar-refractivity contribution < 1.29 is 0 Å². The summed E-state index contributed by atoms with van der Waals surface area (Å²) >= 11 is 11.6. The van der Waals surface area contributed by atoms with Gasteiger partial charge in [-0.15, -0.1) is 11.6 Å². The highest BCUT2D eigenvalue weighted by Gasteiger charge is 2.00. The van der Waals surface area contributed by atoms with E-state index in [2.05, 4.69) is 6.07 Å². The van der Waals surface area contributed by atoms with Gasteiger partial charge in [-0.2, -0.15) is 5.26 Å². The van der Waals surface area contributed by atoms with Gasteiger partial charge in [0, 0.05) is 17.3 Å². The quantitative estimate of drug-likeness (QED) is 0.706. The molecule has 0 aromatic heterocycles. The minimum absolute atomic E-state index is 0.428. The zero-order valence-electron chi connectivity index (χ0n) is 7.06. The molecule has 0 amide bonds. The predicted octanol–water partition coefficient (Wildman–Crippen LogP) is 3.53. The second-order valence-electron chi connectivity index (χ2n) is 2.72. The number of nitrogens with zero attached hydrogens (tertiary/aromatic N) is 1. The summed E-state index contributed by atoms with van der Waals surface area (Å²) < 4.78 is 0. The molecule has 1 aromatic rings. The Morgan fingerprint density at radius 1 is 1.38 bits per heavy atom. The fourth-order valence-corrected chi connectivity index (χ4v) is 1.63. The summed E-state index contributed by atoms with van der Waals surface area (Å²) in [5, 5.41) is 9.08. The van der Waals surface area contributed by atoms with Crippen LogP contribution in [0.5, 0.6) is 0 Å². The Hall–Kier alpha value is -0.710. The normalized spacial score (nSPS) is 9.62. The van der Waals surface area contributed by atoms with Crippen LogP contribution in [0.4, 0.5) is 0 Å². The predicted molar refractivity (Wildman–Crippen MR) is 54.9 cm³/mol. The van der Waals surface area contributed by atoms with Gasteiger partial charge in [-0.25, -0.2) is 0 Å². The van der Waals surface area contributed by atoms with E-state index in [0.717, 1.165) is 17.5 Å². The van der Waals surface area contributed by atoms with Crippen LogP contribution < -0.4 is 0 Å². The summed E-state index contributed by atoms with van der Waals surface area (Å²) in [6, 6.07) is 7.83. The van der Waals surface area contributed by atoms with Gasteiger partial charge in [0.25, 0.3) is 0 Å². The highest BCUT2D eigenvalue weighted by molar-refractivity contribution is 6.32. The molecule has 1 nitrogen and oxygen atoms in total. The number of rotatable bonds is 3. The average Bonchev–Trinajstić information content (AvgIpc) is 2.15. The van der Waals surface area contributed by atoms with Crippen LogP contribution in [0.1, 0.15) is 17.5 Å². The lowest BCUT2D eigenvalue weighted by molar-refractivity contribution is 1.01. The van der Waals surface area contributed by atoms with Crippen LogP contribution in [0, 0.1) is 11.3 Å². The van der Waals surface area contributed by atoms with Gasteiger partial charge in [0.1, 0.15) is 0 Å². The van der Waals surface area contributed by atoms with Gasteiger partial charge < -0.3 is 0 Å². The van der Waals surface area contributed by atoms with Crippen molar-refractivity contribution in [2.24, 2.45) is 0 Å². The molecule has 0 aliphatic heterocycles. The molecule has 0 saturated heterocycles. The number of hydrogen-bond acceptors (Lipinski definition) is 1. The summed E-state index contributed by atoms with van der Waals surface area (Å²) in [5.41, 5.74) is 2.02. The van der Waals surface area contributed by atoms with Crippen LogP contribution in [0.15, 0.2) is 18.2 Å². The summed E-state index contributed by atoms with van der Waals surface area (Å²) in [6.45, 7) is 0. The van der Waals surface area contributed by atoms with Gasteiger partial charge in [0.05, 0.1) is 6.07 Å². The smallest absolute Gasteiger partial charge is 0.0625 e. The Balaban J connectivity index is 2.78. The molecule has 0 atom stereocenters. The van der Waals surface area contributed by atoms with Crippen molar-refractivity contribution >= 4 is 23.2 Å². The summed E-state index contributed by atoms with van der Waals surface area (Å²) in [6.07, 6.45) is 1.27. The number of aryl methyl sites for hydroxylation is 1. The topological polar surface area (TPSA) is 23.8 Å². The van der Waals surface area contributed by atoms with Gasteiger partial charge in [0.2, 0.25) is 0 Å². The van der Waals surface area contributed by atoms with Crippen LogP contribution in [0.25, 0.3) is 0 Å². The monoisotopic (exact) mass is 213 g/mol. The summed E-state index contributed by atoms with van der Waals surface area (Å²) in [4.78, 5) is 0. The van der Waals surface area contributed by atoms with Crippen molar-refractivity contribution in [3.8, 4) is 6.07 Å². The first-order chi connectivity index (χ1) is 6.27.